The Balaban J connectivity index is 1.93. The molecule has 3 rings (SSSR count). The Kier molecular flexibility index (Phi) is 6.75. The molecule has 3 aromatic rings. The molecule has 0 saturated carbocycles. The molecular weight excluding hydrogens is 372 g/mol. The van der Waals surface area contributed by atoms with Gasteiger partial charge in [0.05, 0.1) is 17.1 Å². The van der Waals surface area contributed by atoms with Gasteiger partial charge in [0.2, 0.25) is 5.78 Å². The SMILES string of the molecule is CC(=Nc1ccc(N(C)C)cc1)/C(=N\Nc1ccc(C)cc1)C(=O)c1ccccc1. The van der Waals surface area contributed by atoms with Gasteiger partial charge in [0.1, 0.15) is 0 Å². The molecular formula is C25H26N4O. The van der Waals surface area contributed by atoms with Crippen LogP contribution in [0, 0.1) is 6.92 Å². The highest BCUT2D eigenvalue weighted by atomic mass is 16.1. The van der Waals surface area contributed by atoms with Crippen molar-refractivity contribution in [3.63, 3.8) is 0 Å². The number of ketones is 1. The van der Waals surface area contributed by atoms with E-state index in [0.29, 0.717) is 11.3 Å². The first-order valence-electron chi connectivity index (χ1n) is 9.77. The van der Waals surface area contributed by atoms with Crippen molar-refractivity contribution in [2.75, 3.05) is 24.4 Å². The summed E-state index contributed by atoms with van der Waals surface area (Å²) < 4.78 is 0. The third-order valence-electron chi connectivity index (χ3n) is 4.61. The largest absolute Gasteiger partial charge is 0.378 e. The lowest BCUT2D eigenvalue weighted by atomic mass is 10.0. The van der Waals surface area contributed by atoms with Gasteiger partial charge >= 0.3 is 0 Å². The maximum atomic E-state index is 13.1. The summed E-state index contributed by atoms with van der Waals surface area (Å²) in [5, 5.41) is 4.42. The van der Waals surface area contributed by atoms with Gasteiger partial charge < -0.3 is 4.90 Å². The molecule has 1 N–H and O–H groups in total. The molecule has 0 bridgehead atoms. The average Bonchev–Trinajstić information content (AvgIpc) is 2.76. The second kappa shape index (κ2) is 9.65. The lowest BCUT2D eigenvalue weighted by molar-refractivity contribution is 0.106. The predicted molar refractivity (Wildman–Crippen MR) is 127 cm³/mol. The highest BCUT2D eigenvalue weighted by Gasteiger charge is 2.17. The predicted octanol–water partition coefficient (Wildman–Crippen LogP) is 5.50. The molecule has 0 heterocycles. The van der Waals surface area contributed by atoms with Crippen LogP contribution in [-0.2, 0) is 0 Å². The number of nitrogens with one attached hydrogen (secondary N) is 1. The quantitative estimate of drug-likeness (QED) is 0.325. The first kappa shape index (κ1) is 21.0. The lowest BCUT2D eigenvalue weighted by Crippen LogP contribution is -2.23. The molecule has 0 radical (unpaired) electrons. The number of carbonyl (C=O) groups is 1. The van der Waals surface area contributed by atoms with Gasteiger partial charge in [-0.15, -0.1) is 0 Å². The molecule has 5 nitrogen and oxygen atoms in total. The minimum atomic E-state index is -0.179. The molecule has 0 atom stereocenters. The van der Waals surface area contributed by atoms with E-state index in [0.717, 1.165) is 22.6 Å². The fourth-order valence-corrected chi connectivity index (χ4v) is 2.84. The van der Waals surface area contributed by atoms with Crippen LogP contribution in [0.4, 0.5) is 17.1 Å². The van der Waals surface area contributed by atoms with Gasteiger partial charge in [-0.2, -0.15) is 5.10 Å². The Hall–Kier alpha value is -3.73. The molecule has 0 saturated heterocycles. The molecule has 0 unspecified atom stereocenters. The number of carbonyl (C=O) groups excluding carboxylic acids is 1. The van der Waals surface area contributed by atoms with Crippen LogP contribution in [0.25, 0.3) is 0 Å². The molecule has 0 amide bonds. The van der Waals surface area contributed by atoms with Crippen molar-refractivity contribution in [2.45, 2.75) is 13.8 Å². The van der Waals surface area contributed by atoms with Gasteiger partial charge in [-0.1, -0.05) is 48.0 Å². The normalized spacial score (nSPS) is 11.9. The molecule has 0 aliphatic rings. The first-order chi connectivity index (χ1) is 14.4. The van der Waals surface area contributed by atoms with E-state index in [1.165, 1.54) is 0 Å². The maximum absolute atomic E-state index is 13.1. The van der Waals surface area contributed by atoms with E-state index in [1.54, 1.807) is 19.1 Å². The lowest BCUT2D eigenvalue weighted by Gasteiger charge is -2.12. The Morgan fingerprint density at radius 2 is 1.50 bits per heavy atom. The van der Waals surface area contributed by atoms with E-state index in [-0.39, 0.29) is 11.5 Å². The number of aliphatic imine (C=N–C) groups is 1. The highest BCUT2D eigenvalue weighted by molar-refractivity contribution is 6.70. The third-order valence-corrected chi connectivity index (χ3v) is 4.61. The monoisotopic (exact) mass is 398 g/mol. The van der Waals surface area contributed by atoms with Crippen LogP contribution in [0.1, 0.15) is 22.8 Å². The number of nitrogens with zero attached hydrogens (tertiary/aromatic N) is 3. The van der Waals surface area contributed by atoms with E-state index in [1.807, 2.05) is 92.6 Å². The zero-order valence-electron chi connectivity index (χ0n) is 17.8. The van der Waals surface area contributed by atoms with Crippen LogP contribution in [-0.4, -0.2) is 31.3 Å². The van der Waals surface area contributed by atoms with Crippen LogP contribution in [0.15, 0.2) is 89.0 Å². The highest BCUT2D eigenvalue weighted by Crippen LogP contribution is 2.19. The molecule has 0 aromatic heterocycles. The van der Waals surface area contributed by atoms with Gasteiger partial charge in [-0.3, -0.25) is 15.2 Å². The second-order valence-electron chi connectivity index (χ2n) is 7.24. The number of hydrazone groups is 1. The van der Waals surface area contributed by atoms with Gasteiger partial charge in [-0.05, 0) is 50.2 Å². The fraction of sp³-hybridized carbons (Fsp3) is 0.160. The van der Waals surface area contributed by atoms with Gasteiger partial charge in [0.25, 0.3) is 0 Å². The molecule has 0 spiro atoms. The number of Topliss-reactive ketones (excluding diaryl/α,β-unsaturated/α-hetero) is 1. The van der Waals surface area contributed by atoms with Gasteiger partial charge in [0.15, 0.2) is 5.71 Å². The summed E-state index contributed by atoms with van der Waals surface area (Å²) >= 11 is 0. The van der Waals surface area contributed by atoms with E-state index < -0.39 is 0 Å². The Labute approximate surface area is 177 Å². The third kappa shape index (κ3) is 5.41. The zero-order chi connectivity index (χ0) is 21.5. The zero-order valence-corrected chi connectivity index (χ0v) is 17.8. The molecule has 30 heavy (non-hydrogen) atoms. The number of aryl methyl sites for hydroxylation is 1. The smallest absolute Gasteiger partial charge is 0.215 e. The van der Waals surface area contributed by atoms with Crippen LogP contribution in [0.2, 0.25) is 0 Å². The van der Waals surface area contributed by atoms with Crippen LogP contribution < -0.4 is 10.3 Å². The molecule has 152 valence electrons. The second-order valence-corrected chi connectivity index (χ2v) is 7.24. The standard InChI is InChI=1S/C25H26N4O/c1-18-10-12-22(13-11-18)27-28-24(25(30)20-8-6-5-7-9-20)19(2)26-21-14-16-23(17-15-21)29(3)4/h5-17,27H,1-4H3/b26-19?,28-24+. The number of benzene rings is 3. The van der Waals surface area contributed by atoms with Crippen molar-refractivity contribution in [2.24, 2.45) is 10.1 Å². The summed E-state index contributed by atoms with van der Waals surface area (Å²) in [6.45, 7) is 3.83. The average molecular weight is 399 g/mol. The van der Waals surface area contributed by atoms with Crippen molar-refractivity contribution in [3.05, 3.63) is 90.0 Å². The summed E-state index contributed by atoms with van der Waals surface area (Å²) in [7, 11) is 3.98. The summed E-state index contributed by atoms with van der Waals surface area (Å²) in [4.78, 5) is 19.8. The Morgan fingerprint density at radius 3 is 2.10 bits per heavy atom. The molecule has 0 aliphatic carbocycles. The van der Waals surface area contributed by atoms with Crippen molar-refractivity contribution < 1.29 is 4.79 Å². The van der Waals surface area contributed by atoms with Crippen LogP contribution in [0.5, 0.6) is 0 Å². The van der Waals surface area contributed by atoms with Crippen LogP contribution in [0.3, 0.4) is 0 Å². The minimum absolute atomic E-state index is 0.179. The van der Waals surface area contributed by atoms with E-state index >= 15 is 0 Å². The van der Waals surface area contributed by atoms with Crippen molar-refractivity contribution in [1.82, 2.24) is 0 Å². The summed E-state index contributed by atoms with van der Waals surface area (Å²) in [5.74, 6) is -0.179. The summed E-state index contributed by atoms with van der Waals surface area (Å²) in [6, 6.07) is 24.8. The minimum Gasteiger partial charge on any atom is -0.378 e. The van der Waals surface area contributed by atoms with E-state index in [2.05, 4.69) is 15.5 Å². The molecule has 3 aromatic carbocycles. The number of hydrogen-bond donors (Lipinski definition) is 1. The first-order valence-corrected chi connectivity index (χ1v) is 9.77. The van der Waals surface area contributed by atoms with Crippen molar-refractivity contribution >= 4 is 34.3 Å². The topological polar surface area (TPSA) is 57.1 Å². The van der Waals surface area contributed by atoms with Crippen molar-refractivity contribution in [3.8, 4) is 0 Å². The Morgan fingerprint density at radius 1 is 0.867 bits per heavy atom. The molecule has 0 fully saturated rings. The summed E-state index contributed by atoms with van der Waals surface area (Å²) in [5.41, 5.74) is 8.20. The van der Waals surface area contributed by atoms with Crippen LogP contribution >= 0.6 is 0 Å². The number of rotatable bonds is 7. The van der Waals surface area contributed by atoms with E-state index in [9.17, 15) is 4.79 Å². The Bertz CT molecular complexity index is 1050. The van der Waals surface area contributed by atoms with Gasteiger partial charge in [-0.25, -0.2) is 0 Å². The van der Waals surface area contributed by atoms with Gasteiger partial charge in [0, 0.05) is 25.3 Å². The maximum Gasteiger partial charge on any atom is 0.215 e. The fourth-order valence-electron chi connectivity index (χ4n) is 2.84. The van der Waals surface area contributed by atoms with Crippen molar-refractivity contribution in [1.29, 1.82) is 0 Å². The summed E-state index contributed by atoms with van der Waals surface area (Å²) in [6.07, 6.45) is 0. The number of hydrogen-bond acceptors (Lipinski definition) is 5. The molecule has 0 aliphatic heterocycles. The number of anilines is 2. The molecule has 5 heteroatoms. The van der Waals surface area contributed by atoms with E-state index in [4.69, 9.17) is 0 Å².